The fraction of sp³-hybridized carbons (Fsp3) is 0.312. The van der Waals surface area contributed by atoms with E-state index >= 15 is 0 Å². The average Bonchev–Trinajstić information content (AvgIpc) is 2.40. The molecular weight excluding hydrogens is 206 g/mol. The van der Waals surface area contributed by atoms with E-state index < -0.39 is 0 Å². The van der Waals surface area contributed by atoms with Crippen LogP contribution in [0.4, 0.5) is 0 Å². The predicted octanol–water partition coefficient (Wildman–Crippen LogP) is 4.50. The van der Waals surface area contributed by atoms with Crippen molar-refractivity contribution in [3.8, 4) is 0 Å². The molecule has 86 valence electrons. The van der Waals surface area contributed by atoms with Gasteiger partial charge in [0, 0.05) is 5.39 Å². The minimum atomic E-state index is 1.12. The molecule has 0 bridgehead atoms. The summed E-state index contributed by atoms with van der Waals surface area (Å²) in [4.78, 5) is 4.79. The van der Waals surface area contributed by atoms with E-state index in [9.17, 15) is 0 Å². The Kier molecular flexibility index (Phi) is 2.68. The van der Waals surface area contributed by atoms with Crippen molar-refractivity contribution in [2.45, 2.75) is 32.6 Å². The minimum absolute atomic E-state index is 1.12. The van der Waals surface area contributed by atoms with E-state index in [2.05, 4.69) is 43.3 Å². The molecule has 0 spiro atoms. The van der Waals surface area contributed by atoms with Gasteiger partial charge in [-0.15, -0.1) is 0 Å². The topological polar surface area (TPSA) is 12.9 Å². The fourth-order valence-corrected chi connectivity index (χ4v) is 2.56. The summed E-state index contributed by atoms with van der Waals surface area (Å²) in [6, 6.07) is 10.7. The van der Waals surface area contributed by atoms with Crippen molar-refractivity contribution in [1.82, 2.24) is 4.98 Å². The maximum atomic E-state index is 4.79. The second-order valence-corrected chi connectivity index (χ2v) is 4.81. The Morgan fingerprint density at radius 2 is 2.00 bits per heavy atom. The highest BCUT2D eigenvalue weighted by atomic mass is 14.7. The molecule has 17 heavy (non-hydrogen) atoms. The first-order valence-corrected chi connectivity index (χ1v) is 6.40. The van der Waals surface area contributed by atoms with Gasteiger partial charge >= 0.3 is 0 Å². The van der Waals surface area contributed by atoms with Crippen LogP contribution in [-0.2, 0) is 0 Å². The monoisotopic (exact) mass is 223 g/mol. The number of fused-ring (bicyclic) bond motifs is 1. The van der Waals surface area contributed by atoms with Crippen LogP contribution in [0.15, 0.2) is 36.4 Å². The first-order valence-electron chi connectivity index (χ1n) is 6.40. The second kappa shape index (κ2) is 4.33. The minimum Gasteiger partial charge on any atom is -0.248 e. The maximum absolute atomic E-state index is 4.79. The predicted molar refractivity (Wildman–Crippen MR) is 72.9 cm³/mol. The Hall–Kier alpha value is -1.63. The Morgan fingerprint density at radius 1 is 1.06 bits per heavy atom. The van der Waals surface area contributed by atoms with E-state index in [-0.39, 0.29) is 0 Å². The summed E-state index contributed by atoms with van der Waals surface area (Å²) in [5.74, 6) is 0. The number of hydrogen-bond donors (Lipinski definition) is 0. The average molecular weight is 223 g/mol. The molecule has 0 saturated carbocycles. The normalized spacial score (nSPS) is 15.9. The van der Waals surface area contributed by atoms with Crippen molar-refractivity contribution < 1.29 is 0 Å². The van der Waals surface area contributed by atoms with Gasteiger partial charge in [-0.1, -0.05) is 24.3 Å². The Balaban J connectivity index is 2.10. The highest BCUT2D eigenvalue weighted by molar-refractivity contribution is 5.83. The highest BCUT2D eigenvalue weighted by Gasteiger charge is 2.08. The van der Waals surface area contributed by atoms with Crippen molar-refractivity contribution in [3.05, 3.63) is 47.7 Å². The van der Waals surface area contributed by atoms with Crippen LogP contribution in [0, 0.1) is 6.92 Å². The van der Waals surface area contributed by atoms with Gasteiger partial charge in [0.15, 0.2) is 0 Å². The van der Waals surface area contributed by atoms with Crippen molar-refractivity contribution in [2.24, 2.45) is 0 Å². The number of benzene rings is 1. The van der Waals surface area contributed by atoms with Gasteiger partial charge in [-0.3, -0.25) is 0 Å². The molecule has 0 radical (unpaired) electrons. The van der Waals surface area contributed by atoms with Crippen molar-refractivity contribution in [3.63, 3.8) is 0 Å². The SMILES string of the molecule is Cc1cccc2nc(C3=CCCCC3)ccc12. The fourth-order valence-electron chi connectivity index (χ4n) is 2.56. The van der Waals surface area contributed by atoms with E-state index in [1.165, 1.54) is 47.9 Å². The van der Waals surface area contributed by atoms with Crippen LogP contribution in [-0.4, -0.2) is 4.98 Å². The highest BCUT2D eigenvalue weighted by Crippen LogP contribution is 2.27. The summed E-state index contributed by atoms with van der Waals surface area (Å²) in [5, 5.41) is 1.27. The zero-order valence-corrected chi connectivity index (χ0v) is 10.2. The van der Waals surface area contributed by atoms with Crippen LogP contribution in [0.1, 0.15) is 36.9 Å². The molecule has 3 rings (SSSR count). The number of nitrogens with zero attached hydrogens (tertiary/aromatic N) is 1. The van der Waals surface area contributed by atoms with Gasteiger partial charge in [0.1, 0.15) is 0 Å². The number of rotatable bonds is 1. The number of hydrogen-bond acceptors (Lipinski definition) is 1. The molecular formula is C16H17N. The summed E-state index contributed by atoms with van der Waals surface area (Å²) >= 11 is 0. The third-order valence-corrected chi connectivity index (χ3v) is 3.57. The summed E-state index contributed by atoms with van der Waals surface area (Å²) in [6.45, 7) is 2.14. The lowest BCUT2D eigenvalue weighted by Gasteiger charge is -2.12. The number of allylic oxidation sites excluding steroid dienone is 2. The van der Waals surface area contributed by atoms with Gasteiger partial charge in [0.25, 0.3) is 0 Å². The van der Waals surface area contributed by atoms with Crippen molar-refractivity contribution in [2.75, 3.05) is 0 Å². The molecule has 0 aliphatic heterocycles. The lowest BCUT2D eigenvalue weighted by atomic mass is 9.96. The van der Waals surface area contributed by atoms with E-state index in [1.807, 2.05) is 0 Å². The van der Waals surface area contributed by atoms with Crippen molar-refractivity contribution in [1.29, 1.82) is 0 Å². The molecule has 2 aromatic rings. The van der Waals surface area contributed by atoms with Crippen LogP contribution in [0.5, 0.6) is 0 Å². The van der Waals surface area contributed by atoms with E-state index in [4.69, 9.17) is 4.98 Å². The van der Waals surface area contributed by atoms with E-state index in [0.29, 0.717) is 0 Å². The Labute approximate surface area is 102 Å². The number of aryl methyl sites for hydroxylation is 1. The molecule has 0 atom stereocenters. The second-order valence-electron chi connectivity index (χ2n) is 4.81. The zero-order valence-electron chi connectivity index (χ0n) is 10.2. The van der Waals surface area contributed by atoms with Crippen molar-refractivity contribution >= 4 is 16.5 Å². The van der Waals surface area contributed by atoms with Crippen LogP contribution in [0.3, 0.4) is 0 Å². The van der Waals surface area contributed by atoms with Gasteiger partial charge in [-0.05, 0) is 55.9 Å². The molecule has 0 saturated heterocycles. The smallest absolute Gasteiger partial charge is 0.0712 e. The zero-order chi connectivity index (χ0) is 11.7. The summed E-state index contributed by atoms with van der Waals surface area (Å²) in [7, 11) is 0. The first-order chi connectivity index (χ1) is 8.34. The maximum Gasteiger partial charge on any atom is 0.0712 e. The van der Waals surface area contributed by atoms with E-state index in [1.54, 1.807) is 0 Å². The van der Waals surface area contributed by atoms with Gasteiger partial charge < -0.3 is 0 Å². The standard InChI is InChI=1S/C16H17N/c1-12-6-5-9-16-14(12)10-11-15(17-16)13-7-3-2-4-8-13/h5-7,9-11H,2-4,8H2,1H3. The summed E-state index contributed by atoms with van der Waals surface area (Å²) < 4.78 is 0. The first kappa shape index (κ1) is 10.5. The Morgan fingerprint density at radius 3 is 2.82 bits per heavy atom. The molecule has 1 heterocycles. The van der Waals surface area contributed by atoms with Gasteiger partial charge in [-0.2, -0.15) is 0 Å². The van der Waals surface area contributed by atoms with E-state index in [0.717, 1.165) is 5.52 Å². The Bertz CT molecular complexity index is 581. The van der Waals surface area contributed by atoms with Crippen LogP contribution in [0.2, 0.25) is 0 Å². The molecule has 1 aliphatic carbocycles. The number of aromatic nitrogens is 1. The quantitative estimate of drug-likeness (QED) is 0.693. The van der Waals surface area contributed by atoms with Crippen LogP contribution in [0.25, 0.3) is 16.5 Å². The molecule has 0 unspecified atom stereocenters. The summed E-state index contributed by atoms with van der Waals surface area (Å²) in [5.41, 5.74) is 5.02. The lowest BCUT2D eigenvalue weighted by molar-refractivity contribution is 0.740. The van der Waals surface area contributed by atoms with Crippen LogP contribution >= 0.6 is 0 Å². The molecule has 1 heteroatoms. The molecule has 0 amide bonds. The largest absolute Gasteiger partial charge is 0.248 e. The van der Waals surface area contributed by atoms with Gasteiger partial charge in [0.2, 0.25) is 0 Å². The number of pyridine rings is 1. The molecule has 1 aromatic carbocycles. The summed E-state index contributed by atoms with van der Waals surface area (Å²) in [6.07, 6.45) is 7.39. The molecule has 1 aromatic heterocycles. The third-order valence-electron chi connectivity index (χ3n) is 3.57. The van der Waals surface area contributed by atoms with Gasteiger partial charge in [0.05, 0.1) is 11.2 Å². The third kappa shape index (κ3) is 1.97. The molecule has 0 N–H and O–H groups in total. The lowest BCUT2D eigenvalue weighted by Crippen LogP contribution is -1.95. The molecule has 0 fully saturated rings. The van der Waals surface area contributed by atoms with Gasteiger partial charge in [-0.25, -0.2) is 4.98 Å². The molecule has 1 aliphatic rings. The van der Waals surface area contributed by atoms with Crippen LogP contribution < -0.4 is 0 Å². The molecule has 1 nitrogen and oxygen atoms in total.